The van der Waals surface area contributed by atoms with Crippen LogP contribution in [0.5, 0.6) is 0 Å². The number of aryl methyl sites for hydroxylation is 1. The lowest BCUT2D eigenvalue weighted by molar-refractivity contribution is -0.594. The lowest BCUT2D eigenvalue weighted by Gasteiger charge is -2.34. The topological polar surface area (TPSA) is 41.1 Å². The van der Waals surface area contributed by atoms with E-state index in [1.807, 2.05) is 0 Å². The highest BCUT2D eigenvalue weighted by Crippen LogP contribution is 2.36. The lowest BCUT2D eigenvalue weighted by atomic mass is 9.86. The molecule has 2 aliphatic rings. The Kier molecular flexibility index (Phi) is 4.48. The van der Waals surface area contributed by atoms with Gasteiger partial charge >= 0.3 is 5.96 Å². The zero-order chi connectivity index (χ0) is 17.2. The van der Waals surface area contributed by atoms with Gasteiger partial charge in [0.25, 0.3) is 0 Å². The number of hydrogen-bond acceptors (Lipinski definition) is 2. The maximum absolute atomic E-state index is 6.50. The van der Waals surface area contributed by atoms with Crippen LogP contribution in [0, 0.1) is 5.92 Å². The second-order valence-electron chi connectivity index (χ2n) is 7.51. The number of nitrogens with two attached hydrogens (primary N) is 1. The van der Waals surface area contributed by atoms with Gasteiger partial charge in [0.15, 0.2) is 0 Å². The summed E-state index contributed by atoms with van der Waals surface area (Å²) in [6.07, 6.45) is 4.78. The number of hydrogen-bond donors (Lipinski definition) is 2. The zero-order valence-electron chi connectivity index (χ0n) is 14.9. The third-order valence-corrected chi connectivity index (χ3v) is 6.03. The van der Waals surface area contributed by atoms with Gasteiger partial charge in [0, 0.05) is 5.92 Å². The molecule has 3 heteroatoms. The fourth-order valence-electron chi connectivity index (χ4n) is 4.70. The van der Waals surface area contributed by atoms with Crippen molar-refractivity contribution in [2.24, 2.45) is 11.7 Å². The van der Waals surface area contributed by atoms with E-state index in [1.54, 1.807) is 0 Å². The van der Waals surface area contributed by atoms with Crippen molar-refractivity contribution < 1.29 is 4.58 Å². The van der Waals surface area contributed by atoms with Crippen LogP contribution in [0.4, 0.5) is 0 Å². The summed E-state index contributed by atoms with van der Waals surface area (Å²) in [5.41, 5.74) is 9.26. The Hall–Kier alpha value is -2.29. The molecule has 0 unspecified atom stereocenters. The van der Waals surface area contributed by atoms with Crippen molar-refractivity contribution in [3.8, 4) is 0 Å². The molecule has 0 radical (unpaired) electrons. The first kappa shape index (κ1) is 16.2. The monoisotopic (exact) mass is 334 g/mol. The van der Waals surface area contributed by atoms with Crippen LogP contribution in [0.1, 0.15) is 43.4 Å². The Balaban J connectivity index is 1.52. The van der Waals surface area contributed by atoms with Crippen molar-refractivity contribution in [1.82, 2.24) is 5.32 Å². The van der Waals surface area contributed by atoms with Crippen LogP contribution < -0.4 is 11.1 Å². The molecule has 2 aromatic carbocycles. The highest BCUT2D eigenvalue weighted by molar-refractivity contribution is 5.74. The van der Waals surface area contributed by atoms with E-state index in [0.29, 0.717) is 24.0 Å². The molecule has 0 aliphatic carbocycles. The van der Waals surface area contributed by atoms with Crippen LogP contribution >= 0.6 is 0 Å². The van der Waals surface area contributed by atoms with E-state index in [1.165, 1.54) is 30.4 Å². The van der Waals surface area contributed by atoms with Gasteiger partial charge in [0.2, 0.25) is 0 Å². The third-order valence-electron chi connectivity index (χ3n) is 6.03. The summed E-state index contributed by atoms with van der Waals surface area (Å²) < 4.78 is 2.48. The van der Waals surface area contributed by atoms with E-state index in [4.69, 9.17) is 5.73 Å². The van der Waals surface area contributed by atoms with Gasteiger partial charge < -0.3 is 0 Å². The standard InChI is InChI=1S/C22H27N3/c1-16-20-15-14-19(13-12-17-8-4-2-5-9-17)25(20)22(23)24-21(16)18-10-6-3-7-11-18/h2-11,16,19-21H,12-15H2,1H3,(H2,23,24)/p+1/t16-,19+,20-,21-/m1/s1. The number of guanidine groups is 1. The molecule has 4 atom stereocenters. The smallest absolute Gasteiger partial charge is 0.291 e. The molecule has 25 heavy (non-hydrogen) atoms. The Bertz CT molecular complexity index is 738. The Morgan fingerprint density at radius 1 is 1.00 bits per heavy atom. The number of nitrogens with zero attached hydrogens (tertiary/aromatic N) is 1. The zero-order valence-corrected chi connectivity index (χ0v) is 14.9. The van der Waals surface area contributed by atoms with E-state index in [2.05, 4.69) is 77.5 Å². The van der Waals surface area contributed by atoms with Gasteiger partial charge in [-0.05, 0) is 36.8 Å². The summed E-state index contributed by atoms with van der Waals surface area (Å²) in [6, 6.07) is 22.9. The quantitative estimate of drug-likeness (QED) is 0.841. The molecule has 0 saturated carbocycles. The summed E-state index contributed by atoms with van der Waals surface area (Å²) in [5, 5.41) is 3.60. The molecule has 2 aromatic rings. The minimum Gasteiger partial charge on any atom is -0.291 e. The maximum Gasteiger partial charge on any atom is 0.344 e. The van der Waals surface area contributed by atoms with Crippen molar-refractivity contribution in [2.75, 3.05) is 0 Å². The van der Waals surface area contributed by atoms with E-state index in [9.17, 15) is 0 Å². The van der Waals surface area contributed by atoms with Gasteiger partial charge in [-0.1, -0.05) is 67.6 Å². The van der Waals surface area contributed by atoms with Crippen molar-refractivity contribution >= 4 is 5.96 Å². The lowest BCUT2D eigenvalue weighted by Crippen LogP contribution is -2.55. The normalized spacial score (nSPS) is 28.5. The van der Waals surface area contributed by atoms with Crippen LogP contribution in [-0.4, -0.2) is 22.6 Å². The fourth-order valence-corrected chi connectivity index (χ4v) is 4.70. The van der Waals surface area contributed by atoms with E-state index < -0.39 is 0 Å². The van der Waals surface area contributed by atoms with Gasteiger partial charge in [-0.15, -0.1) is 0 Å². The van der Waals surface area contributed by atoms with Crippen LogP contribution in [0.2, 0.25) is 0 Å². The Morgan fingerprint density at radius 3 is 2.40 bits per heavy atom. The molecule has 4 rings (SSSR count). The maximum atomic E-state index is 6.50. The predicted molar refractivity (Wildman–Crippen MR) is 103 cm³/mol. The molecular weight excluding hydrogens is 306 g/mol. The predicted octanol–water partition coefficient (Wildman–Crippen LogP) is 3.46. The second kappa shape index (κ2) is 6.91. The number of benzene rings is 2. The van der Waals surface area contributed by atoms with Crippen molar-refractivity contribution in [2.45, 2.75) is 50.7 Å². The fraction of sp³-hybridized carbons (Fsp3) is 0.409. The second-order valence-corrected chi connectivity index (χ2v) is 7.51. The third kappa shape index (κ3) is 3.15. The van der Waals surface area contributed by atoms with Gasteiger partial charge in [-0.2, -0.15) is 0 Å². The molecular formula is C22H28N3+. The minimum atomic E-state index is 0.315. The van der Waals surface area contributed by atoms with Crippen molar-refractivity contribution in [1.29, 1.82) is 0 Å². The Morgan fingerprint density at radius 2 is 1.68 bits per heavy atom. The SMILES string of the molecule is C[C@@H]1[C@H]2CC[C@H](CCc3ccccc3)[N+]2=C(N)N[C@H]1c1ccccc1. The van der Waals surface area contributed by atoms with Gasteiger partial charge in [-0.3, -0.25) is 15.6 Å². The Labute approximate surface area is 150 Å². The molecule has 0 spiro atoms. The highest BCUT2D eigenvalue weighted by atomic mass is 15.3. The molecule has 0 bridgehead atoms. The first-order valence-corrected chi connectivity index (χ1v) is 9.50. The molecule has 0 aromatic heterocycles. The van der Waals surface area contributed by atoms with Crippen LogP contribution in [-0.2, 0) is 6.42 Å². The number of fused-ring (bicyclic) bond motifs is 1. The highest BCUT2D eigenvalue weighted by Gasteiger charge is 2.45. The number of rotatable bonds is 4. The van der Waals surface area contributed by atoms with Gasteiger partial charge in [0.1, 0.15) is 6.04 Å². The number of nitrogens with one attached hydrogen (secondary N) is 1. The molecule has 1 fully saturated rings. The molecule has 1 saturated heterocycles. The van der Waals surface area contributed by atoms with Crippen LogP contribution in [0.15, 0.2) is 60.7 Å². The molecule has 3 nitrogen and oxygen atoms in total. The molecule has 0 amide bonds. The average Bonchev–Trinajstić information content (AvgIpc) is 3.09. The summed E-state index contributed by atoms with van der Waals surface area (Å²) in [5.74, 6) is 1.42. The van der Waals surface area contributed by atoms with Crippen molar-refractivity contribution in [3.63, 3.8) is 0 Å². The van der Waals surface area contributed by atoms with E-state index >= 15 is 0 Å². The van der Waals surface area contributed by atoms with Gasteiger partial charge in [0.05, 0.1) is 12.1 Å². The molecule has 2 aliphatic heterocycles. The average molecular weight is 334 g/mol. The molecule has 2 heterocycles. The summed E-state index contributed by atoms with van der Waals surface area (Å²) >= 11 is 0. The van der Waals surface area contributed by atoms with Gasteiger partial charge in [-0.25, -0.2) is 0 Å². The molecule has 130 valence electrons. The molecule has 3 N–H and O–H groups in total. The largest absolute Gasteiger partial charge is 0.344 e. The first-order chi connectivity index (χ1) is 12.2. The summed E-state index contributed by atoms with van der Waals surface area (Å²) in [4.78, 5) is 0. The van der Waals surface area contributed by atoms with Crippen molar-refractivity contribution in [3.05, 3.63) is 71.8 Å². The van der Waals surface area contributed by atoms with E-state index in [0.717, 1.165) is 12.4 Å². The van der Waals surface area contributed by atoms with Crippen LogP contribution in [0.3, 0.4) is 0 Å². The summed E-state index contributed by atoms with van der Waals surface area (Å²) in [7, 11) is 0. The minimum absolute atomic E-state index is 0.315. The summed E-state index contributed by atoms with van der Waals surface area (Å²) in [6.45, 7) is 2.37. The first-order valence-electron chi connectivity index (χ1n) is 9.50. The van der Waals surface area contributed by atoms with Crippen LogP contribution in [0.25, 0.3) is 0 Å². The van der Waals surface area contributed by atoms with E-state index in [-0.39, 0.29) is 0 Å².